The number of thioether (sulfide) groups is 1. The van der Waals surface area contributed by atoms with Gasteiger partial charge in [-0.3, -0.25) is 14.9 Å². The molecule has 0 unspecified atom stereocenters. The number of aliphatic hydroxyl groups is 1. The third-order valence-electron chi connectivity index (χ3n) is 3.47. The minimum absolute atomic E-state index is 0.0527. The molecule has 1 aliphatic heterocycles. The highest BCUT2D eigenvalue weighted by atomic mass is 32.2. The first-order valence-corrected chi connectivity index (χ1v) is 7.55. The smallest absolute Gasteiger partial charge is 0.283 e. The lowest BCUT2D eigenvalue weighted by Gasteiger charge is -2.23. The quantitative estimate of drug-likeness (QED) is 0.521. The summed E-state index contributed by atoms with van der Waals surface area (Å²) < 4.78 is 0. The van der Waals surface area contributed by atoms with Crippen molar-refractivity contribution in [3.05, 3.63) is 33.9 Å². The summed E-state index contributed by atoms with van der Waals surface area (Å²) in [4.78, 5) is 25.1. The van der Waals surface area contributed by atoms with E-state index in [9.17, 15) is 20.0 Å². The highest BCUT2D eigenvalue weighted by Gasteiger charge is 2.29. The summed E-state index contributed by atoms with van der Waals surface area (Å²) in [6, 6.07) is 4.34. The van der Waals surface area contributed by atoms with Crippen LogP contribution < -0.4 is 0 Å². The summed E-state index contributed by atoms with van der Waals surface area (Å²) in [5, 5.41) is 20.3. The zero-order valence-corrected chi connectivity index (χ0v) is 11.9. The number of likely N-dealkylation sites (tertiary alicyclic amines) is 1. The van der Waals surface area contributed by atoms with Gasteiger partial charge in [0.1, 0.15) is 0 Å². The van der Waals surface area contributed by atoms with Crippen molar-refractivity contribution < 1.29 is 14.8 Å². The predicted molar refractivity (Wildman–Crippen MR) is 76.0 cm³/mol. The summed E-state index contributed by atoms with van der Waals surface area (Å²) in [6.07, 6.45) is 3.38. The number of nitro groups is 1. The largest absolute Gasteiger partial charge is 0.394 e. The fourth-order valence-corrected chi connectivity index (χ4v) is 2.97. The van der Waals surface area contributed by atoms with Gasteiger partial charge in [-0.1, -0.05) is 0 Å². The molecule has 0 saturated carbocycles. The van der Waals surface area contributed by atoms with Crippen molar-refractivity contribution >= 4 is 23.4 Å². The van der Waals surface area contributed by atoms with Gasteiger partial charge in [0, 0.05) is 18.2 Å². The van der Waals surface area contributed by atoms with E-state index in [2.05, 4.69) is 0 Å². The van der Waals surface area contributed by atoms with Crippen molar-refractivity contribution in [3.8, 4) is 0 Å². The van der Waals surface area contributed by atoms with Gasteiger partial charge in [-0.15, -0.1) is 11.8 Å². The second-order valence-electron chi connectivity index (χ2n) is 4.62. The molecule has 0 aromatic heterocycles. The van der Waals surface area contributed by atoms with Gasteiger partial charge in [0.05, 0.1) is 22.5 Å². The Morgan fingerprint density at radius 2 is 2.35 bits per heavy atom. The van der Waals surface area contributed by atoms with Crippen molar-refractivity contribution in [2.75, 3.05) is 19.4 Å². The molecule has 108 valence electrons. The lowest BCUT2D eigenvalue weighted by molar-refractivity contribution is -0.387. The van der Waals surface area contributed by atoms with E-state index in [1.54, 1.807) is 23.3 Å². The van der Waals surface area contributed by atoms with Crippen molar-refractivity contribution in [1.29, 1.82) is 0 Å². The number of nitrogens with zero attached hydrogens (tertiary/aromatic N) is 2. The third kappa shape index (κ3) is 2.78. The lowest BCUT2D eigenvalue weighted by atomic mass is 10.1. The molecule has 1 N–H and O–H groups in total. The molecule has 2 rings (SSSR count). The summed E-state index contributed by atoms with van der Waals surface area (Å²) in [7, 11) is 0. The van der Waals surface area contributed by atoms with E-state index in [0.29, 0.717) is 17.0 Å². The van der Waals surface area contributed by atoms with Crippen LogP contribution >= 0.6 is 11.8 Å². The predicted octanol–water partition coefficient (Wildman–Crippen LogP) is 1.91. The van der Waals surface area contributed by atoms with Crippen molar-refractivity contribution in [2.45, 2.75) is 23.8 Å². The molecule has 1 aromatic carbocycles. The maximum Gasteiger partial charge on any atom is 0.283 e. The number of carbonyl (C=O) groups is 1. The van der Waals surface area contributed by atoms with Crippen LogP contribution in [-0.4, -0.2) is 46.3 Å². The zero-order chi connectivity index (χ0) is 14.7. The van der Waals surface area contributed by atoms with Crippen LogP contribution in [0.25, 0.3) is 0 Å². The van der Waals surface area contributed by atoms with Crippen LogP contribution in [0.2, 0.25) is 0 Å². The molecule has 0 aliphatic carbocycles. The van der Waals surface area contributed by atoms with Crippen LogP contribution in [0.15, 0.2) is 23.1 Å². The summed E-state index contributed by atoms with van der Waals surface area (Å²) in [6.45, 7) is 0.513. The number of nitro benzene ring substituents is 1. The highest BCUT2D eigenvalue weighted by molar-refractivity contribution is 7.98. The Morgan fingerprint density at radius 3 is 2.95 bits per heavy atom. The van der Waals surface area contributed by atoms with Crippen LogP contribution in [0.5, 0.6) is 0 Å². The molecule has 1 atom stereocenters. The van der Waals surface area contributed by atoms with Crippen LogP contribution in [-0.2, 0) is 0 Å². The molecule has 7 heteroatoms. The second kappa shape index (κ2) is 6.23. The maximum absolute atomic E-state index is 12.4. The fourth-order valence-electron chi connectivity index (χ4n) is 2.42. The number of carbonyl (C=O) groups excluding carboxylic acids is 1. The summed E-state index contributed by atoms with van der Waals surface area (Å²) >= 11 is 1.27. The summed E-state index contributed by atoms with van der Waals surface area (Å²) in [5.41, 5.74) is 0.248. The van der Waals surface area contributed by atoms with Crippen molar-refractivity contribution in [1.82, 2.24) is 4.90 Å². The van der Waals surface area contributed by atoms with Gasteiger partial charge in [0.2, 0.25) is 0 Å². The topological polar surface area (TPSA) is 83.7 Å². The number of amides is 1. The van der Waals surface area contributed by atoms with E-state index in [4.69, 9.17) is 0 Å². The van der Waals surface area contributed by atoms with Gasteiger partial charge in [0.25, 0.3) is 11.6 Å². The Bertz CT molecular complexity index is 535. The summed E-state index contributed by atoms with van der Waals surface area (Å²) in [5.74, 6) is -0.252. The number of hydrogen-bond donors (Lipinski definition) is 1. The second-order valence-corrected chi connectivity index (χ2v) is 5.47. The average Bonchev–Trinajstić information content (AvgIpc) is 2.94. The molecule has 1 amide bonds. The van der Waals surface area contributed by atoms with Crippen LogP contribution in [0.1, 0.15) is 23.2 Å². The van der Waals surface area contributed by atoms with Crippen molar-refractivity contribution in [2.24, 2.45) is 0 Å². The first kappa shape index (κ1) is 14.8. The number of benzene rings is 1. The van der Waals surface area contributed by atoms with Gasteiger partial charge in [0.15, 0.2) is 0 Å². The molecular formula is C13H16N2O4S. The minimum Gasteiger partial charge on any atom is -0.394 e. The first-order valence-electron chi connectivity index (χ1n) is 6.32. The molecule has 1 saturated heterocycles. The van der Waals surface area contributed by atoms with E-state index in [1.165, 1.54) is 17.8 Å². The Hall–Kier alpha value is -1.60. The molecule has 1 aromatic rings. The Balaban J connectivity index is 2.31. The molecule has 20 heavy (non-hydrogen) atoms. The van der Waals surface area contributed by atoms with Gasteiger partial charge in [-0.05, 0) is 31.2 Å². The van der Waals surface area contributed by atoms with Crippen LogP contribution in [0.3, 0.4) is 0 Å². The van der Waals surface area contributed by atoms with E-state index in [-0.39, 0.29) is 24.2 Å². The van der Waals surface area contributed by atoms with E-state index in [0.717, 1.165) is 12.8 Å². The molecule has 1 heterocycles. The molecule has 1 aliphatic rings. The van der Waals surface area contributed by atoms with Crippen LogP contribution in [0.4, 0.5) is 5.69 Å². The average molecular weight is 296 g/mol. The highest BCUT2D eigenvalue weighted by Crippen LogP contribution is 2.29. The first-order chi connectivity index (χ1) is 9.58. The van der Waals surface area contributed by atoms with E-state index >= 15 is 0 Å². The van der Waals surface area contributed by atoms with Crippen molar-refractivity contribution in [3.63, 3.8) is 0 Å². The Labute approximate surface area is 120 Å². The number of aliphatic hydroxyl groups excluding tert-OH is 1. The normalized spacial score (nSPS) is 18.3. The molecule has 0 bridgehead atoms. The number of rotatable bonds is 4. The third-order valence-corrected chi connectivity index (χ3v) is 4.26. The van der Waals surface area contributed by atoms with Gasteiger partial charge in [-0.2, -0.15) is 0 Å². The van der Waals surface area contributed by atoms with Crippen LogP contribution in [0, 0.1) is 10.1 Å². The maximum atomic E-state index is 12.4. The fraction of sp³-hybridized carbons (Fsp3) is 0.462. The SMILES string of the molecule is CSc1ccc(C(=O)N2CCC[C@H]2CO)cc1[N+](=O)[O-]. The standard InChI is InChI=1S/C13H16N2O4S/c1-20-12-5-4-9(7-11(12)15(18)19)13(17)14-6-2-3-10(14)8-16/h4-5,7,10,16H,2-3,6,8H2,1H3/t10-/m0/s1. The van der Waals surface area contributed by atoms with Gasteiger partial charge < -0.3 is 10.0 Å². The molecular weight excluding hydrogens is 280 g/mol. The number of hydrogen-bond acceptors (Lipinski definition) is 5. The zero-order valence-electron chi connectivity index (χ0n) is 11.1. The Morgan fingerprint density at radius 1 is 1.60 bits per heavy atom. The van der Waals surface area contributed by atoms with Gasteiger partial charge >= 0.3 is 0 Å². The van der Waals surface area contributed by atoms with Gasteiger partial charge in [-0.25, -0.2) is 0 Å². The van der Waals surface area contributed by atoms with E-state index < -0.39 is 4.92 Å². The molecule has 0 spiro atoms. The van der Waals surface area contributed by atoms with E-state index in [1.807, 2.05) is 0 Å². The molecule has 0 radical (unpaired) electrons. The molecule has 6 nitrogen and oxygen atoms in total. The minimum atomic E-state index is -0.476. The monoisotopic (exact) mass is 296 g/mol. The Kier molecular flexibility index (Phi) is 4.61. The molecule has 1 fully saturated rings. The lowest BCUT2D eigenvalue weighted by Crippen LogP contribution is -2.37.